The van der Waals surface area contributed by atoms with E-state index in [9.17, 15) is 40.5 Å². The summed E-state index contributed by atoms with van der Waals surface area (Å²) in [6.45, 7) is 3.59. The summed E-state index contributed by atoms with van der Waals surface area (Å²) in [5.41, 5.74) is 0. The summed E-state index contributed by atoms with van der Waals surface area (Å²) >= 11 is 0. The Hall–Kier alpha value is -2.31. The number of carbonyl (C=O) groups excluding carboxylic acids is 1. The van der Waals surface area contributed by atoms with Crippen molar-refractivity contribution in [2.45, 2.75) is 293 Å². The molecule has 76 heavy (non-hydrogen) atoms. The van der Waals surface area contributed by atoms with Crippen LogP contribution in [0.2, 0.25) is 0 Å². The lowest BCUT2D eigenvalue weighted by molar-refractivity contribution is -0.332. The molecule has 2 saturated heterocycles. The van der Waals surface area contributed by atoms with Crippen molar-refractivity contribution in [3.8, 4) is 0 Å². The van der Waals surface area contributed by atoms with Gasteiger partial charge in [-0.1, -0.05) is 203 Å². The van der Waals surface area contributed by atoms with Crippen molar-refractivity contribution in [2.75, 3.05) is 33.0 Å². The van der Waals surface area contributed by atoms with E-state index in [0.717, 1.165) is 70.6 Å². The highest BCUT2D eigenvalue weighted by atomic mass is 16.7. The van der Waals surface area contributed by atoms with Crippen LogP contribution in [0.4, 0.5) is 0 Å². The fourth-order valence-electron chi connectivity index (χ4n) is 9.39. The molecule has 11 atom stereocenters. The second-order valence-electron chi connectivity index (χ2n) is 21.1. The van der Waals surface area contributed by atoms with Crippen molar-refractivity contribution in [3.05, 3.63) is 60.8 Å². The molecule has 0 aromatic rings. The molecule has 2 aliphatic rings. The van der Waals surface area contributed by atoms with Crippen molar-refractivity contribution >= 4 is 5.97 Å². The van der Waals surface area contributed by atoms with Crippen LogP contribution in [0, 0.1) is 0 Å². The first-order valence-electron chi connectivity index (χ1n) is 30.4. The molecule has 0 amide bonds. The number of unbranched alkanes of at least 4 members (excludes halogenated alkanes) is 25. The second kappa shape index (κ2) is 48.6. The minimum atomic E-state index is -1.71. The molecule has 2 fully saturated rings. The van der Waals surface area contributed by atoms with Gasteiger partial charge in [0.1, 0.15) is 54.9 Å². The number of aliphatic hydroxyl groups excluding tert-OH is 7. The SMILES string of the molecule is CC/C=C\C/C=C\C/C=C\C/C=C\CCCCCCCCCCCCC(=O)OC(COCCCCCCCCCC/C=C\CCCCCCCCC)COC1OC(COC2OC(CO)C(O)C(O)C2O)C(O)C(O)C1O. The zero-order chi connectivity index (χ0) is 55.1. The van der Waals surface area contributed by atoms with Crippen LogP contribution in [-0.2, 0) is 33.2 Å². The summed E-state index contributed by atoms with van der Waals surface area (Å²) in [6.07, 6.45) is 44.2. The highest BCUT2D eigenvalue weighted by Gasteiger charge is 2.47. The number of hydrogen-bond donors (Lipinski definition) is 7. The average Bonchev–Trinajstić information content (AvgIpc) is 3.42. The third-order valence-corrected chi connectivity index (χ3v) is 14.3. The van der Waals surface area contributed by atoms with Gasteiger partial charge in [0.05, 0.1) is 26.4 Å². The van der Waals surface area contributed by atoms with Crippen molar-refractivity contribution in [3.63, 3.8) is 0 Å². The number of ether oxygens (including phenoxy) is 6. The van der Waals surface area contributed by atoms with E-state index in [1.807, 2.05) is 0 Å². The van der Waals surface area contributed by atoms with Crippen LogP contribution in [0.1, 0.15) is 226 Å². The number of rotatable bonds is 49. The van der Waals surface area contributed by atoms with E-state index in [4.69, 9.17) is 28.4 Å². The molecular formula is C62H110O14. The van der Waals surface area contributed by atoms with Crippen LogP contribution < -0.4 is 0 Å². The van der Waals surface area contributed by atoms with Gasteiger partial charge in [0.2, 0.25) is 0 Å². The molecule has 14 nitrogen and oxygen atoms in total. The number of aliphatic hydroxyl groups is 7. The Labute approximate surface area is 460 Å². The van der Waals surface area contributed by atoms with Crippen molar-refractivity contribution < 1.29 is 69.0 Å². The molecule has 0 saturated carbocycles. The van der Waals surface area contributed by atoms with Crippen molar-refractivity contribution in [1.29, 1.82) is 0 Å². The summed E-state index contributed by atoms with van der Waals surface area (Å²) in [5.74, 6) is -0.381. The largest absolute Gasteiger partial charge is 0.457 e. The first-order chi connectivity index (χ1) is 37.1. The molecule has 2 aliphatic heterocycles. The minimum absolute atomic E-state index is 0.0569. The fourth-order valence-corrected chi connectivity index (χ4v) is 9.39. The van der Waals surface area contributed by atoms with Crippen LogP contribution in [0.15, 0.2) is 60.8 Å². The lowest BCUT2D eigenvalue weighted by atomic mass is 9.98. The quantitative estimate of drug-likeness (QED) is 0.0172. The molecule has 7 N–H and O–H groups in total. The van der Waals surface area contributed by atoms with Gasteiger partial charge in [-0.2, -0.15) is 0 Å². The molecule has 0 aliphatic carbocycles. The second-order valence-corrected chi connectivity index (χ2v) is 21.1. The summed E-state index contributed by atoms with van der Waals surface area (Å²) in [4.78, 5) is 13.1. The summed E-state index contributed by atoms with van der Waals surface area (Å²) in [7, 11) is 0. The Kier molecular flexibility index (Phi) is 44.6. The van der Waals surface area contributed by atoms with E-state index < -0.39 is 80.7 Å². The molecule has 0 radical (unpaired) electrons. The van der Waals surface area contributed by atoms with E-state index in [2.05, 4.69) is 74.6 Å². The highest BCUT2D eigenvalue weighted by molar-refractivity contribution is 5.69. The molecular weight excluding hydrogens is 969 g/mol. The van der Waals surface area contributed by atoms with E-state index in [1.165, 1.54) is 128 Å². The zero-order valence-corrected chi connectivity index (χ0v) is 47.5. The van der Waals surface area contributed by atoms with Crippen LogP contribution in [-0.4, -0.2) is 142 Å². The Bertz CT molecular complexity index is 1490. The van der Waals surface area contributed by atoms with Crippen molar-refractivity contribution in [1.82, 2.24) is 0 Å². The topological polar surface area (TPSA) is 214 Å². The lowest BCUT2D eigenvalue weighted by Gasteiger charge is -2.42. The molecule has 14 heteroatoms. The molecule has 11 unspecified atom stereocenters. The Morgan fingerprint density at radius 1 is 0.447 bits per heavy atom. The first kappa shape index (κ1) is 69.8. The molecule has 0 spiro atoms. The lowest BCUT2D eigenvalue weighted by Crippen LogP contribution is -2.61. The van der Waals surface area contributed by atoms with Gasteiger partial charge >= 0.3 is 5.97 Å². The average molecular weight is 1080 g/mol. The normalized spacial score (nSPS) is 24.9. The third kappa shape index (κ3) is 34.6. The molecule has 442 valence electrons. The predicted octanol–water partition coefficient (Wildman–Crippen LogP) is 11.2. The summed E-state index contributed by atoms with van der Waals surface area (Å²) in [6, 6.07) is 0. The molecule has 0 bridgehead atoms. The monoisotopic (exact) mass is 1080 g/mol. The van der Waals surface area contributed by atoms with Gasteiger partial charge in [0.15, 0.2) is 12.6 Å². The molecule has 2 heterocycles. The Morgan fingerprint density at radius 2 is 0.855 bits per heavy atom. The van der Waals surface area contributed by atoms with Crippen LogP contribution in [0.3, 0.4) is 0 Å². The predicted molar refractivity (Wildman–Crippen MR) is 302 cm³/mol. The number of carbonyl (C=O) groups is 1. The third-order valence-electron chi connectivity index (χ3n) is 14.3. The Morgan fingerprint density at radius 3 is 1.36 bits per heavy atom. The van der Waals surface area contributed by atoms with E-state index in [0.29, 0.717) is 13.0 Å². The minimum Gasteiger partial charge on any atom is -0.457 e. The van der Waals surface area contributed by atoms with Gasteiger partial charge in [0.25, 0.3) is 0 Å². The number of hydrogen-bond acceptors (Lipinski definition) is 14. The van der Waals surface area contributed by atoms with Gasteiger partial charge in [-0.3, -0.25) is 4.79 Å². The van der Waals surface area contributed by atoms with Gasteiger partial charge in [-0.15, -0.1) is 0 Å². The van der Waals surface area contributed by atoms with Gasteiger partial charge in [0, 0.05) is 13.0 Å². The van der Waals surface area contributed by atoms with Crippen LogP contribution in [0.5, 0.6) is 0 Å². The Balaban J connectivity index is 1.70. The first-order valence-corrected chi connectivity index (χ1v) is 30.4. The standard InChI is InChI=1S/C62H110O14/c1-3-5-7-9-11-13-15-17-19-21-23-24-25-26-27-29-31-33-35-37-39-41-43-45-54(64)74-51(48-71-46-44-42-40-38-36-34-32-30-28-22-20-18-16-14-12-10-8-6-4-2)49-72-61-60(70)58(68)56(66)53(76-61)50-73-62-59(69)57(67)55(65)52(47-63)75-62/h5,7,11,13,17,19-20,22-24,51-53,55-63,65-70H,3-4,6,8-10,12,14-16,18,21,25-50H2,1-2H3/b7-5-,13-11-,19-17-,22-20-,24-23-. The maximum atomic E-state index is 13.1. The molecule has 2 rings (SSSR count). The molecule has 0 aromatic heterocycles. The number of allylic oxidation sites excluding steroid dienone is 10. The van der Waals surface area contributed by atoms with Crippen LogP contribution >= 0.6 is 0 Å². The maximum Gasteiger partial charge on any atom is 0.306 e. The summed E-state index contributed by atoms with van der Waals surface area (Å²) in [5, 5.41) is 72.4. The number of esters is 1. The van der Waals surface area contributed by atoms with E-state index in [-0.39, 0.29) is 25.6 Å². The van der Waals surface area contributed by atoms with E-state index in [1.54, 1.807) is 0 Å². The smallest absolute Gasteiger partial charge is 0.306 e. The van der Waals surface area contributed by atoms with Gasteiger partial charge < -0.3 is 64.2 Å². The van der Waals surface area contributed by atoms with Crippen molar-refractivity contribution in [2.24, 2.45) is 0 Å². The molecule has 0 aromatic carbocycles. The van der Waals surface area contributed by atoms with Crippen LogP contribution in [0.25, 0.3) is 0 Å². The van der Waals surface area contributed by atoms with Gasteiger partial charge in [-0.05, 0) is 77.0 Å². The maximum absolute atomic E-state index is 13.1. The fraction of sp³-hybridized carbons (Fsp3) is 0.823. The van der Waals surface area contributed by atoms with E-state index >= 15 is 0 Å². The summed E-state index contributed by atoms with van der Waals surface area (Å²) < 4.78 is 34.4. The zero-order valence-electron chi connectivity index (χ0n) is 47.5. The highest BCUT2D eigenvalue weighted by Crippen LogP contribution is 2.27. The van der Waals surface area contributed by atoms with Gasteiger partial charge in [-0.25, -0.2) is 0 Å².